The molecule has 1 N–H and O–H groups in total. The minimum Gasteiger partial charge on any atom is -0.481 e. The van der Waals surface area contributed by atoms with E-state index in [9.17, 15) is 9.90 Å². The lowest BCUT2D eigenvalue weighted by Crippen LogP contribution is -2.45. The van der Waals surface area contributed by atoms with Crippen LogP contribution in [0.3, 0.4) is 0 Å². The summed E-state index contributed by atoms with van der Waals surface area (Å²) < 4.78 is 0. The van der Waals surface area contributed by atoms with Crippen LogP contribution in [0.1, 0.15) is 38.5 Å². The molecule has 0 bridgehead atoms. The first-order valence-electron chi connectivity index (χ1n) is 5.76. The second kappa shape index (κ2) is 4.30. The van der Waals surface area contributed by atoms with Crippen LogP contribution in [0.5, 0.6) is 0 Å². The molecule has 0 aliphatic carbocycles. The van der Waals surface area contributed by atoms with Crippen molar-refractivity contribution in [3.05, 3.63) is 0 Å². The topological polar surface area (TPSA) is 40.5 Å². The van der Waals surface area contributed by atoms with Gasteiger partial charge in [-0.25, -0.2) is 0 Å². The van der Waals surface area contributed by atoms with E-state index in [0.717, 1.165) is 32.4 Å². The van der Waals surface area contributed by atoms with E-state index in [1.54, 1.807) is 0 Å². The van der Waals surface area contributed by atoms with Crippen molar-refractivity contribution in [1.82, 2.24) is 4.90 Å². The van der Waals surface area contributed by atoms with E-state index >= 15 is 0 Å². The fourth-order valence-corrected chi connectivity index (χ4v) is 2.91. The zero-order valence-electron chi connectivity index (χ0n) is 8.61. The Morgan fingerprint density at radius 1 is 1.07 bits per heavy atom. The van der Waals surface area contributed by atoms with Gasteiger partial charge in [-0.2, -0.15) is 0 Å². The van der Waals surface area contributed by atoms with Gasteiger partial charge in [-0.1, -0.05) is 12.8 Å². The molecule has 2 fully saturated rings. The van der Waals surface area contributed by atoms with Crippen molar-refractivity contribution in [2.24, 2.45) is 5.92 Å². The summed E-state index contributed by atoms with van der Waals surface area (Å²) in [6.07, 6.45) is 6.71. The average Bonchev–Trinajstić information content (AvgIpc) is 2.39. The zero-order valence-corrected chi connectivity index (χ0v) is 8.61. The highest BCUT2D eigenvalue weighted by Gasteiger charge is 2.35. The van der Waals surface area contributed by atoms with Gasteiger partial charge in [0, 0.05) is 6.04 Å². The van der Waals surface area contributed by atoms with Crippen molar-refractivity contribution in [2.45, 2.75) is 44.6 Å². The lowest BCUT2D eigenvalue weighted by Gasteiger charge is -2.36. The maximum absolute atomic E-state index is 11.1. The third-order valence-corrected chi connectivity index (χ3v) is 3.66. The molecule has 2 saturated heterocycles. The van der Waals surface area contributed by atoms with E-state index in [1.165, 1.54) is 19.3 Å². The molecule has 0 aromatic carbocycles. The average molecular weight is 197 g/mol. The van der Waals surface area contributed by atoms with Crippen LogP contribution in [0, 0.1) is 5.92 Å². The van der Waals surface area contributed by atoms with Gasteiger partial charge in [0.05, 0.1) is 5.92 Å². The molecule has 2 heterocycles. The molecule has 0 radical (unpaired) electrons. The van der Waals surface area contributed by atoms with Crippen LogP contribution in [0.2, 0.25) is 0 Å². The Balaban J connectivity index is 2.10. The minimum atomic E-state index is -0.580. The van der Waals surface area contributed by atoms with Crippen molar-refractivity contribution < 1.29 is 9.90 Å². The van der Waals surface area contributed by atoms with Crippen molar-refractivity contribution >= 4 is 5.97 Å². The van der Waals surface area contributed by atoms with Gasteiger partial charge in [-0.15, -0.1) is 0 Å². The van der Waals surface area contributed by atoms with Gasteiger partial charge < -0.3 is 5.11 Å². The summed E-state index contributed by atoms with van der Waals surface area (Å²) >= 11 is 0. The van der Waals surface area contributed by atoms with E-state index in [-0.39, 0.29) is 5.92 Å². The quantitative estimate of drug-likeness (QED) is 0.696. The standard InChI is InChI=1S/C11H19NO2/c13-11(14)9-5-1-3-7-12-8-4-2-6-10(9)12/h9-10H,1-8H2,(H,13,14)/t9?,10-/m1/s1. The molecule has 0 amide bonds. The van der Waals surface area contributed by atoms with Crippen LogP contribution in [0.4, 0.5) is 0 Å². The lowest BCUT2D eigenvalue weighted by molar-refractivity contribution is -0.144. The van der Waals surface area contributed by atoms with Crippen LogP contribution >= 0.6 is 0 Å². The fraction of sp³-hybridized carbons (Fsp3) is 0.909. The molecule has 2 aliphatic rings. The van der Waals surface area contributed by atoms with Crippen LogP contribution in [0.15, 0.2) is 0 Å². The van der Waals surface area contributed by atoms with Crippen molar-refractivity contribution in [3.8, 4) is 0 Å². The van der Waals surface area contributed by atoms with Gasteiger partial charge in [0.1, 0.15) is 0 Å². The van der Waals surface area contributed by atoms with E-state index in [1.807, 2.05) is 0 Å². The predicted molar refractivity (Wildman–Crippen MR) is 54.2 cm³/mol. The predicted octanol–water partition coefficient (Wildman–Crippen LogP) is 1.73. The molecule has 3 nitrogen and oxygen atoms in total. The van der Waals surface area contributed by atoms with Crippen LogP contribution < -0.4 is 0 Å². The summed E-state index contributed by atoms with van der Waals surface area (Å²) in [6, 6.07) is 0.337. The summed E-state index contributed by atoms with van der Waals surface area (Å²) in [5, 5.41) is 9.18. The normalized spacial score (nSPS) is 34.6. The minimum absolute atomic E-state index is 0.0993. The highest BCUT2D eigenvalue weighted by atomic mass is 16.4. The molecule has 2 aliphatic heterocycles. The fourth-order valence-electron chi connectivity index (χ4n) is 2.91. The van der Waals surface area contributed by atoms with Gasteiger partial charge >= 0.3 is 5.97 Å². The third-order valence-electron chi connectivity index (χ3n) is 3.66. The van der Waals surface area contributed by atoms with Gasteiger partial charge in [0.2, 0.25) is 0 Å². The van der Waals surface area contributed by atoms with Gasteiger partial charge in [-0.05, 0) is 38.8 Å². The molecule has 0 aromatic heterocycles. The second-order valence-corrected chi connectivity index (χ2v) is 4.54. The highest BCUT2D eigenvalue weighted by molar-refractivity contribution is 5.71. The summed E-state index contributed by atoms with van der Waals surface area (Å²) in [4.78, 5) is 13.5. The molecular formula is C11H19NO2. The van der Waals surface area contributed by atoms with Gasteiger partial charge in [0.25, 0.3) is 0 Å². The summed E-state index contributed by atoms with van der Waals surface area (Å²) in [7, 11) is 0. The Morgan fingerprint density at radius 3 is 2.36 bits per heavy atom. The number of aliphatic carboxylic acids is 1. The largest absolute Gasteiger partial charge is 0.481 e. The Kier molecular flexibility index (Phi) is 3.06. The van der Waals surface area contributed by atoms with Crippen LogP contribution in [-0.4, -0.2) is 35.1 Å². The van der Waals surface area contributed by atoms with Crippen LogP contribution in [-0.2, 0) is 4.79 Å². The lowest BCUT2D eigenvalue weighted by atomic mass is 9.88. The number of carbonyl (C=O) groups is 1. The van der Waals surface area contributed by atoms with Crippen molar-refractivity contribution in [2.75, 3.05) is 13.1 Å². The van der Waals surface area contributed by atoms with Crippen LogP contribution in [0.25, 0.3) is 0 Å². The molecule has 2 rings (SSSR count). The number of hydrogen-bond donors (Lipinski definition) is 1. The Bertz CT molecular complexity index is 217. The molecule has 80 valence electrons. The number of fused-ring (bicyclic) bond motifs is 1. The number of carboxylic acid groups (broad SMARTS) is 1. The molecule has 0 spiro atoms. The van der Waals surface area contributed by atoms with E-state index < -0.39 is 5.97 Å². The Labute approximate surface area is 85.1 Å². The number of piperidine rings is 1. The molecular weight excluding hydrogens is 178 g/mol. The molecule has 3 heteroatoms. The highest BCUT2D eigenvalue weighted by Crippen LogP contribution is 2.30. The second-order valence-electron chi connectivity index (χ2n) is 4.54. The number of nitrogens with zero attached hydrogens (tertiary/aromatic N) is 1. The molecule has 0 aromatic rings. The Hall–Kier alpha value is -0.570. The maximum atomic E-state index is 11.1. The molecule has 0 saturated carbocycles. The monoisotopic (exact) mass is 197 g/mol. The summed E-state index contributed by atoms with van der Waals surface area (Å²) in [6.45, 7) is 2.24. The first-order valence-corrected chi connectivity index (χ1v) is 5.76. The summed E-state index contributed by atoms with van der Waals surface area (Å²) in [5.41, 5.74) is 0. The first-order chi connectivity index (χ1) is 6.79. The summed E-state index contributed by atoms with van der Waals surface area (Å²) in [5.74, 6) is -0.679. The SMILES string of the molecule is O=C(O)C1CCCCN2CCCC[C@H]12. The molecule has 2 atom stereocenters. The first kappa shape index (κ1) is 9.97. The molecule has 14 heavy (non-hydrogen) atoms. The Morgan fingerprint density at radius 2 is 1.71 bits per heavy atom. The third kappa shape index (κ3) is 1.92. The maximum Gasteiger partial charge on any atom is 0.308 e. The van der Waals surface area contributed by atoms with E-state index in [0.29, 0.717) is 6.04 Å². The molecule has 1 unspecified atom stereocenters. The van der Waals surface area contributed by atoms with Crippen molar-refractivity contribution in [3.63, 3.8) is 0 Å². The number of rotatable bonds is 1. The van der Waals surface area contributed by atoms with Gasteiger partial charge in [-0.3, -0.25) is 9.69 Å². The number of hydrogen-bond acceptors (Lipinski definition) is 2. The van der Waals surface area contributed by atoms with Gasteiger partial charge in [0.15, 0.2) is 0 Å². The smallest absolute Gasteiger partial charge is 0.308 e. The number of carboxylic acids is 1. The zero-order chi connectivity index (χ0) is 9.97. The van der Waals surface area contributed by atoms with Crippen molar-refractivity contribution in [1.29, 1.82) is 0 Å². The van der Waals surface area contributed by atoms with E-state index in [4.69, 9.17) is 0 Å². The van der Waals surface area contributed by atoms with E-state index in [2.05, 4.69) is 4.90 Å².